The van der Waals surface area contributed by atoms with Gasteiger partial charge in [0.2, 0.25) is 6.29 Å². The number of aromatic carboxylic acids is 1. The Kier molecular flexibility index (Phi) is 10.9. The topological polar surface area (TPSA) is 213 Å². The number of aliphatic hydroxyl groups excluding tert-OH is 4. The minimum atomic E-state index is -1.79. The van der Waals surface area contributed by atoms with E-state index in [1.807, 2.05) is 0 Å². The van der Waals surface area contributed by atoms with E-state index in [4.69, 9.17) is 18.9 Å². The fraction of sp³-hybridized carbons (Fsp3) is 0.738. The van der Waals surface area contributed by atoms with Crippen molar-refractivity contribution in [3.05, 3.63) is 51.6 Å². The number of fused-ring (bicyclic) bond motifs is 6. The van der Waals surface area contributed by atoms with Gasteiger partial charge in [-0.1, -0.05) is 38.2 Å². The fourth-order valence-electron chi connectivity index (χ4n) is 21.6. The van der Waals surface area contributed by atoms with Gasteiger partial charge in [0.25, 0.3) is 0 Å². The van der Waals surface area contributed by atoms with E-state index in [0.717, 1.165) is 31.7 Å². The molecule has 4 aliphatic heterocycles. The number of Topliss-reactive ketones (excluding diaryl/α,β-unsaturated/α-hetero) is 1. The van der Waals surface area contributed by atoms with Crippen molar-refractivity contribution < 1.29 is 64.3 Å². The van der Waals surface area contributed by atoms with Crippen LogP contribution in [0.2, 0.25) is 0 Å². The number of hydrogen-bond acceptors (Lipinski definition) is 12. The maximum absolute atomic E-state index is 13.3. The Morgan fingerprint density at radius 2 is 1.53 bits per heavy atom. The van der Waals surface area contributed by atoms with E-state index < -0.39 is 71.1 Å². The van der Waals surface area contributed by atoms with Gasteiger partial charge in [0.1, 0.15) is 41.2 Å². The molecule has 0 radical (unpaired) electrons. The van der Waals surface area contributed by atoms with Gasteiger partial charge in [-0.05, 0) is 204 Å². The molecule has 12 aliphatic rings. The maximum Gasteiger partial charge on any atom is 0.335 e. The molecule has 2 aromatic rings. The normalized spacial score (nSPS) is 44.1. The lowest BCUT2D eigenvalue weighted by molar-refractivity contribution is -0.339. The summed E-state index contributed by atoms with van der Waals surface area (Å²) in [6.07, 6.45) is 19.6. The molecule has 3 saturated heterocycles. The summed E-state index contributed by atoms with van der Waals surface area (Å²) in [4.78, 5) is 25.6. The lowest BCUT2D eigenvalue weighted by atomic mass is 9.42. The third-order valence-corrected chi connectivity index (χ3v) is 24.3. The van der Waals surface area contributed by atoms with Gasteiger partial charge in [0.05, 0.1) is 35.3 Å². The first kappa shape index (κ1) is 48.8. The zero-order valence-corrected chi connectivity index (χ0v) is 43.5. The molecule has 6 spiro atoms. The van der Waals surface area contributed by atoms with Gasteiger partial charge >= 0.3 is 5.97 Å². The molecule has 13 heteroatoms. The molecule has 2 aromatic carbocycles. The van der Waals surface area contributed by atoms with Gasteiger partial charge in [-0.15, -0.1) is 0 Å². The number of carboxylic acid groups (broad SMARTS) is 1. The summed E-state index contributed by atoms with van der Waals surface area (Å²) >= 11 is 0. The van der Waals surface area contributed by atoms with Crippen LogP contribution in [0.15, 0.2) is 34.9 Å². The first-order valence-electron chi connectivity index (χ1n) is 28.9. The summed E-state index contributed by atoms with van der Waals surface area (Å²) in [5.41, 5.74) is 2.24. The zero-order valence-electron chi connectivity index (χ0n) is 43.5. The monoisotopic (exact) mass is 1020 g/mol. The van der Waals surface area contributed by atoms with Crippen molar-refractivity contribution in [1.82, 2.24) is 0 Å². The number of aliphatic hydroxyl groups is 4. The number of benzene rings is 2. The van der Waals surface area contributed by atoms with E-state index in [-0.39, 0.29) is 68.4 Å². The van der Waals surface area contributed by atoms with Crippen molar-refractivity contribution in [3.8, 4) is 17.2 Å². The first-order chi connectivity index (χ1) is 35.5. The number of carboxylic acids is 1. The van der Waals surface area contributed by atoms with Gasteiger partial charge in [-0.25, -0.2) is 4.79 Å². The quantitative estimate of drug-likeness (QED) is 0.106. The third kappa shape index (κ3) is 6.41. The van der Waals surface area contributed by atoms with E-state index in [2.05, 4.69) is 6.08 Å². The molecular weight excluding hydrogens is 941 g/mol. The summed E-state index contributed by atoms with van der Waals surface area (Å²) < 4.78 is 28.0. The van der Waals surface area contributed by atoms with Crippen LogP contribution >= 0.6 is 0 Å². The van der Waals surface area contributed by atoms with Gasteiger partial charge in [-0.2, -0.15) is 0 Å². The predicted octanol–water partition coefficient (Wildman–Crippen LogP) is 9.51. The highest BCUT2D eigenvalue weighted by Gasteiger charge is 2.73. The molecule has 8 aliphatic carbocycles. The lowest BCUT2D eigenvalue weighted by Crippen LogP contribution is -2.72. The van der Waals surface area contributed by atoms with E-state index in [1.165, 1.54) is 120 Å². The molecule has 15 atom stereocenters. The van der Waals surface area contributed by atoms with Crippen LogP contribution in [0.3, 0.4) is 0 Å². The number of phenols is 2. The van der Waals surface area contributed by atoms with Crippen LogP contribution in [-0.4, -0.2) is 110 Å². The van der Waals surface area contributed by atoms with E-state index in [0.29, 0.717) is 73.9 Å². The summed E-state index contributed by atoms with van der Waals surface area (Å²) in [5.74, 6) is -2.52. The number of ketones is 1. The van der Waals surface area contributed by atoms with Gasteiger partial charge in [-0.3, -0.25) is 4.79 Å². The number of allylic oxidation sites excluding steroid dienone is 2. The van der Waals surface area contributed by atoms with E-state index in [1.54, 1.807) is 0 Å². The molecule has 0 amide bonds. The van der Waals surface area contributed by atoms with Crippen LogP contribution in [0.25, 0.3) is 10.8 Å². The Morgan fingerprint density at radius 1 is 0.811 bits per heavy atom. The van der Waals surface area contributed by atoms with Crippen molar-refractivity contribution in [2.75, 3.05) is 19.8 Å². The molecule has 400 valence electrons. The predicted molar refractivity (Wildman–Crippen MR) is 272 cm³/mol. The summed E-state index contributed by atoms with van der Waals surface area (Å²) in [6, 6.07) is 2.35. The molecule has 2 bridgehead atoms. The van der Waals surface area contributed by atoms with Crippen LogP contribution in [0, 0.1) is 63.1 Å². The molecule has 7 saturated carbocycles. The number of ether oxygens (including phenoxy) is 4. The molecular formula is C61H78O13. The number of carbonyl (C=O) groups is 2. The van der Waals surface area contributed by atoms with Gasteiger partial charge < -0.3 is 54.7 Å². The molecule has 14 rings (SSSR count). The summed E-state index contributed by atoms with van der Waals surface area (Å²) in [5, 5.41) is 83.5. The lowest BCUT2D eigenvalue weighted by Gasteiger charge is -2.64. The van der Waals surface area contributed by atoms with Crippen LogP contribution in [0.5, 0.6) is 17.2 Å². The van der Waals surface area contributed by atoms with Crippen LogP contribution in [0.1, 0.15) is 181 Å². The largest absolute Gasteiger partial charge is 0.507 e. The minimum absolute atomic E-state index is 0.0571. The molecule has 0 aromatic heterocycles. The van der Waals surface area contributed by atoms with Gasteiger partial charge in [0.15, 0.2) is 5.78 Å². The standard InChI is InChI=1S/C61H78O13/c1-32-43(33(2)63)48(65)45-37(47(32)64)22-34(53(69)70)23-41(45)72-54-49(66)50(67)61-26-38-39-25-56(17-19-59(30-56)15-7-14-58(59)18-16-55(29-58)10-3-4-11-55)24-35-28-71-31-60(20-21-62,46(35)39)40-9-8-36(44(38)40)42(74-61)27-57(12-5-6-13-57)51(68)52(61)73-54/h9,22-23,35,38-39,42,46,49-52,54,62,64-68H,3-8,10-21,24-31H2,1-2H3,(H,69,70)/t35-,38-,39+,42+,46-,49+,50+,51-,52+,54+,56-,58+,59-,60-,61-/m0/s1. The highest BCUT2D eigenvalue weighted by Crippen LogP contribution is 2.79. The fourth-order valence-corrected chi connectivity index (χ4v) is 21.6. The van der Waals surface area contributed by atoms with Crippen LogP contribution < -0.4 is 4.74 Å². The second kappa shape index (κ2) is 16.5. The SMILES string of the molecule is CC(=O)c1c(C)c(O)c2cc(C(=O)O)cc(O[C@@H]3O[C@@H]4[C@H](O)C5(CCCC5)C[C@H]5O[C@@]4(C[C@@H]4C6=C5CC=C6[C@]5(CCO)COC[C@@H]6C[C@@]7(CC[C@@]8(CCC[C@]89CCC8(CCCC8)C9)C7)C[C@H]4[C@H]65)[C@H](O)[C@H]3O)c2c1O. The second-order valence-corrected chi connectivity index (χ2v) is 27.3. The maximum atomic E-state index is 13.3. The molecule has 74 heavy (non-hydrogen) atoms. The van der Waals surface area contributed by atoms with Crippen LogP contribution in [-0.2, 0) is 14.2 Å². The molecule has 0 unspecified atom stereocenters. The number of phenolic OH excluding ortho intramolecular Hbond substituents is 2. The molecule has 4 heterocycles. The second-order valence-electron chi connectivity index (χ2n) is 27.3. The Morgan fingerprint density at radius 3 is 2.24 bits per heavy atom. The minimum Gasteiger partial charge on any atom is -0.507 e. The Bertz CT molecular complexity index is 2780. The Labute approximate surface area is 434 Å². The highest BCUT2D eigenvalue weighted by molar-refractivity contribution is 6.11. The van der Waals surface area contributed by atoms with Crippen molar-refractivity contribution >= 4 is 22.5 Å². The van der Waals surface area contributed by atoms with Crippen LogP contribution in [0.4, 0.5) is 0 Å². The summed E-state index contributed by atoms with van der Waals surface area (Å²) in [7, 11) is 0. The first-order valence-corrected chi connectivity index (χ1v) is 28.9. The third-order valence-electron chi connectivity index (χ3n) is 24.3. The van der Waals surface area contributed by atoms with Crippen molar-refractivity contribution in [2.24, 2.45) is 56.2 Å². The number of hydrogen-bond donors (Lipinski definition) is 7. The van der Waals surface area contributed by atoms with Crippen molar-refractivity contribution in [1.29, 1.82) is 0 Å². The number of carbonyl (C=O) groups excluding carboxylic acids is 1. The smallest absolute Gasteiger partial charge is 0.335 e. The van der Waals surface area contributed by atoms with E-state index >= 15 is 0 Å². The van der Waals surface area contributed by atoms with Crippen molar-refractivity contribution in [3.63, 3.8) is 0 Å². The average Bonchev–Trinajstić information content (AvgIpc) is 4.26. The average molecular weight is 1020 g/mol. The number of aromatic hydroxyl groups is 2. The Balaban J connectivity index is 0.881. The molecule has 10 fully saturated rings. The molecule has 7 N–H and O–H groups in total. The van der Waals surface area contributed by atoms with Gasteiger partial charge in [0, 0.05) is 35.0 Å². The Hall–Kier alpha value is -3.56. The van der Waals surface area contributed by atoms with E-state index in [9.17, 15) is 45.3 Å². The van der Waals surface area contributed by atoms with Crippen molar-refractivity contribution in [2.45, 2.75) is 204 Å². The number of rotatable bonds is 6. The molecule has 13 nitrogen and oxygen atoms in total. The summed E-state index contributed by atoms with van der Waals surface area (Å²) in [6.45, 7) is 4.03. The zero-order chi connectivity index (χ0) is 51.1. The highest BCUT2D eigenvalue weighted by atomic mass is 16.7.